The number of aromatic nitrogens is 1. The highest BCUT2D eigenvalue weighted by molar-refractivity contribution is 5.98. The summed E-state index contributed by atoms with van der Waals surface area (Å²) in [7, 11) is 1.39. The standard InChI is InChI=1S/C35H41FN2O9/c1-5-43-20-31(39)44-21-45-33-30(42-4)17-18-37-32(33)34(40)38-28-7-6-8-29(47-26-15-9-22(2)10-16-26)27(23(3)46-35(28)41)19-24-11-13-25(36)14-12-24/h9-18,23,27-29H,5-8,19-21H2,1-4H3,(H,38,40). The number of cyclic esters (lactones) is 1. The molecule has 252 valence electrons. The molecule has 1 amide bonds. The minimum absolute atomic E-state index is 0.0626. The van der Waals surface area contributed by atoms with Crippen LogP contribution in [-0.2, 0) is 30.2 Å². The first-order valence-electron chi connectivity index (χ1n) is 15.6. The van der Waals surface area contributed by atoms with Crippen molar-refractivity contribution in [3.8, 4) is 17.2 Å². The molecule has 4 rings (SSSR count). The molecule has 1 aliphatic heterocycles. The van der Waals surface area contributed by atoms with Crippen molar-refractivity contribution in [2.24, 2.45) is 5.92 Å². The number of esters is 2. The van der Waals surface area contributed by atoms with E-state index in [4.69, 9.17) is 28.4 Å². The van der Waals surface area contributed by atoms with Crippen LogP contribution in [0.5, 0.6) is 17.2 Å². The number of carbonyl (C=O) groups excluding carboxylic acids is 3. The number of nitrogens with zero attached hydrogens (tertiary/aromatic N) is 1. The lowest BCUT2D eigenvalue weighted by atomic mass is 9.87. The molecule has 2 aromatic carbocycles. The van der Waals surface area contributed by atoms with Gasteiger partial charge in [-0.1, -0.05) is 29.8 Å². The fourth-order valence-electron chi connectivity index (χ4n) is 5.27. The van der Waals surface area contributed by atoms with Gasteiger partial charge in [-0.15, -0.1) is 0 Å². The molecule has 1 fully saturated rings. The van der Waals surface area contributed by atoms with Gasteiger partial charge in [-0.25, -0.2) is 19.0 Å². The van der Waals surface area contributed by atoms with Crippen LogP contribution in [0.1, 0.15) is 54.7 Å². The van der Waals surface area contributed by atoms with Crippen LogP contribution in [0, 0.1) is 18.7 Å². The second kappa shape index (κ2) is 17.3. The van der Waals surface area contributed by atoms with Gasteiger partial charge in [-0.2, -0.15) is 0 Å². The number of rotatable bonds is 13. The van der Waals surface area contributed by atoms with Crippen LogP contribution in [0.25, 0.3) is 0 Å². The van der Waals surface area contributed by atoms with Crippen LogP contribution in [0.2, 0.25) is 0 Å². The molecule has 0 bridgehead atoms. The first-order chi connectivity index (χ1) is 22.7. The van der Waals surface area contributed by atoms with E-state index in [2.05, 4.69) is 10.3 Å². The van der Waals surface area contributed by atoms with E-state index in [1.807, 2.05) is 31.2 Å². The number of pyridine rings is 1. The third-order valence-corrected chi connectivity index (χ3v) is 7.80. The zero-order valence-electron chi connectivity index (χ0n) is 27.0. The Balaban J connectivity index is 1.51. The minimum Gasteiger partial charge on any atom is -0.493 e. The van der Waals surface area contributed by atoms with Crippen LogP contribution in [-0.4, -0.2) is 68.2 Å². The average Bonchev–Trinajstić information content (AvgIpc) is 3.11. The summed E-state index contributed by atoms with van der Waals surface area (Å²) < 4.78 is 47.1. The maximum Gasteiger partial charge on any atom is 0.334 e. The summed E-state index contributed by atoms with van der Waals surface area (Å²) in [5.41, 5.74) is 1.80. The highest BCUT2D eigenvalue weighted by Gasteiger charge is 2.36. The van der Waals surface area contributed by atoms with Crippen molar-refractivity contribution < 1.29 is 47.2 Å². The number of hydrogen-bond acceptors (Lipinski definition) is 10. The average molecular weight is 653 g/mol. The molecule has 1 N–H and O–H groups in total. The van der Waals surface area contributed by atoms with E-state index >= 15 is 0 Å². The van der Waals surface area contributed by atoms with Crippen molar-refractivity contribution in [2.45, 2.75) is 64.7 Å². The summed E-state index contributed by atoms with van der Waals surface area (Å²) in [6, 6.07) is 14.4. The first-order valence-corrected chi connectivity index (χ1v) is 15.6. The molecular formula is C35H41FN2O9. The third-order valence-electron chi connectivity index (χ3n) is 7.80. The number of methoxy groups -OCH3 is 1. The molecule has 2 heterocycles. The van der Waals surface area contributed by atoms with Crippen molar-refractivity contribution in [3.63, 3.8) is 0 Å². The molecular weight excluding hydrogens is 611 g/mol. The largest absolute Gasteiger partial charge is 0.493 e. The van der Waals surface area contributed by atoms with E-state index in [1.165, 1.54) is 31.5 Å². The fourth-order valence-corrected chi connectivity index (χ4v) is 5.27. The number of benzene rings is 2. The zero-order valence-corrected chi connectivity index (χ0v) is 27.0. The van der Waals surface area contributed by atoms with E-state index in [1.54, 1.807) is 26.0 Å². The van der Waals surface area contributed by atoms with Gasteiger partial charge in [-0.3, -0.25) is 4.79 Å². The molecule has 1 aromatic heterocycles. The summed E-state index contributed by atoms with van der Waals surface area (Å²) in [6.07, 6.45) is 2.24. The van der Waals surface area contributed by atoms with Gasteiger partial charge in [0.1, 0.15) is 36.4 Å². The number of amides is 1. The van der Waals surface area contributed by atoms with E-state index in [0.717, 1.165) is 11.1 Å². The van der Waals surface area contributed by atoms with Crippen molar-refractivity contribution in [1.82, 2.24) is 10.3 Å². The lowest BCUT2D eigenvalue weighted by Crippen LogP contribution is -2.44. The molecule has 12 heteroatoms. The number of carbonyl (C=O) groups is 3. The van der Waals surface area contributed by atoms with Crippen molar-refractivity contribution >= 4 is 17.8 Å². The monoisotopic (exact) mass is 652 g/mol. The Morgan fingerprint density at radius 3 is 2.51 bits per heavy atom. The Hall–Kier alpha value is -4.71. The lowest BCUT2D eigenvalue weighted by molar-refractivity contribution is -0.156. The first kappa shape index (κ1) is 35.1. The molecule has 0 saturated carbocycles. The van der Waals surface area contributed by atoms with E-state index < -0.39 is 36.8 Å². The maximum absolute atomic E-state index is 13.7. The van der Waals surface area contributed by atoms with Gasteiger partial charge in [-0.05, 0) is 76.3 Å². The molecule has 1 aliphatic rings. The number of ether oxygens (including phenoxy) is 6. The summed E-state index contributed by atoms with van der Waals surface area (Å²) in [5.74, 6) is -1.77. The smallest absolute Gasteiger partial charge is 0.334 e. The lowest BCUT2D eigenvalue weighted by Gasteiger charge is -2.31. The Morgan fingerprint density at radius 2 is 1.81 bits per heavy atom. The number of aryl methyl sites for hydroxylation is 1. The second-order valence-electron chi connectivity index (χ2n) is 11.2. The molecule has 47 heavy (non-hydrogen) atoms. The highest BCUT2D eigenvalue weighted by Crippen LogP contribution is 2.31. The number of hydrogen-bond donors (Lipinski definition) is 1. The van der Waals surface area contributed by atoms with Gasteiger partial charge in [0.15, 0.2) is 17.2 Å². The SMILES string of the molecule is CCOCC(=O)OCOc1c(OC)ccnc1C(=O)NC1CCCC(Oc2ccc(C)cc2)C(Cc2ccc(F)cc2)C(C)OC1=O. The van der Waals surface area contributed by atoms with Gasteiger partial charge in [0.25, 0.3) is 5.91 Å². The molecule has 0 radical (unpaired) electrons. The predicted octanol–water partition coefficient (Wildman–Crippen LogP) is 4.97. The quantitative estimate of drug-likeness (QED) is 0.199. The molecule has 0 spiro atoms. The molecule has 4 atom stereocenters. The third kappa shape index (κ3) is 10.1. The van der Waals surface area contributed by atoms with Crippen LogP contribution >= 0.6 is 0 Å². The second-order valence-corrected chi connectivity index (χ2v) is 11.2. The van der Waals surface area contributed by atoms with Gasteiger partial charge >= 0.3 is 11.9 Å². The van der Waals surface area contributed by atoms with Gasteiger partial charge in [0.05, 0.1) is 7.11 Å². The normalized spacial score (nSPS) is 19.7. The van der Waals surface area contributed by atoms with Gasteiger partial charge < -0.3 is 33.7 Å². The molecule has 3 aromatic rings. The summed E-state index contributed by atoms with van der Waals surface area (Å²) >= 11 is 0. The van der Waals surface area contributed by atoms with Gasteiger partial charge in [0, 0.05) is 24.8 Å². The van der Waals surface area contributed by atoms with Crippen molar-refractivity contribution in [1.29, 1.82) is 0 Å². The number of halogens is 1. The van der Waals surface area contributed by atoms with E-state index in [-0.39, 0.29) is 48.1 Å². The minimum atomic E-state index is -1.00. The number of nitrogens with one attached hydrogen (secondary N) is 1. The zero-order chi connectivity index (χ0) is 33.8. The summed E-state index contributed by atoms with van der Waals surface area (Å²) in [5, 5.41) is 2.74. The van der Waals surface area contributed by atoms with Crippen LogP contribution in [0.4, 0.5) is 4.39 Å². The highest BCUT2D eigenvalue weighted by atomic mass is 19.1. The Kier molecular flexibility index (Phi) is 12.9. The van der Waals surface area contributed by atoms with Gasteiger partial charge in [0.2, 0.25) is 6.79 Å². The summed E-state index contributed by atoms with van der Waals surface area (Å²) in [6.45, 7) is 5.11. The van der Waals surface area contributed by atoms with E-state index in [0.29, 0.717) is 31.6 Å². The molecule has 1 saturated heterocycles. The van der Waals surface area contributed by atoms with Crippen molar-refractivity contribution in [2.75, 3.05) is 27.1 Å². The predicted molar refractivity (Wildman–Crippen MR) is 169 cm³/mol. The van der Waals surface area contributed by atoms with Crippen molar-refractivity contribution in [3.05, 3.63) is 83.4 Å². The van der Waals surface area contributed by atoms with E-state index in [9.17, 15) is 18.8 Å². The Morgan fingerprint density at radius 1 is 1.06 bits per heavy atom. The van der Waals surface area contributed by atoms with Crippen LogP contribution in [0.15, 0.2) is 60.8 Å². The Labute approximate surface area is 273 Å². The Bertz CT molecular complexity index is 1480. The molecule has 0 aliphatic carbocycles. The molecule has 11 nitrogen and oxygen atoms in total. The fraction of sp³-hybridized carbons (Fsp3) is 0.429. The topological polar surface area (TPSA) is 132 Å². The molecule has 4 unspecified atom stereocenters. The van der Waals surface area contributed by atoms with Crippen LogP contribution in [0.3, 0.4) is 0 Å². The maximum atomic E-state index is 13.7. The summed E-state index contributed by atoms with van der Waals surface area (Å²) in [4.78, 5) is 43.0. The van der Waals surface area contributed by atoms with Crippen LogP contribution < -0.4 is 19.5 Å².